The SMILES string of the molecule is Clc1cccc2ccccc12.[CH3][Sn]([CH3])[CH3]. The molecular formula is C13H16ClSn. The summed E-state index contributed by atoms with van der Waals surface area (Å²) in [5, 5.41) is 3.14. The molecule has 2 rings (SSSR count). The van der Waals surface area contributed by atoms with Crippen molar-refractivity contribution in [1.29, 1.82) is 0 Å². The van der Waals surface area contributed by atoms with Crippen LogP contribution in [0.25, 0.3) is 10.8 Å². The van der Waals surface area contributed by atoms with E-state index < -0.39 is 19.8 Å². The molecule has 0 aliphatic rings. The number of hydrogen-bond donors (Lipinski definition) is 0. The van der Waals surface area contributed by atoms with Crippen molar-refractivity contribution in [2.45, 2.75) is 14.8 Å². The van der Waals surface area contributed by atoms with E-state index in [0.29, 0.717) is 0 Å². The molecule has 0 nitrogen and oxygen atoms in total. The van der Waals surface area contributed by atoms with Gasteiger partial charge in [-0.2, -0.15) is 0 Å². The van der Waals surface area contributed by atoms with Gasteiger partial charge in [-0.25, -0.2) is 0 Å². The third kappa shape index (κ3) is 4.43. The Hall–Kier alpha value is -0.211. The number of hydrogen-bond acceptors (Lipinski definition) is 0. The molecule has 0 aromatic heterocycles. The normalized spacial score (nSPS) is 9.93. The Labute approximate surface area is 104 Å². The Morgan fingerprint density at radius 2 is 1.40 bits per heavy atom. The topological polar surface area (TPSA) is 0 Å². The molecule has 0 fully saturated rings. The van der Waals surface area contributed by atoms with Gasteiger partial charge >= 0.3 is 34.6 Å². The van der Waals surface area contributed by atoms with Crippen molar-refractivity contribution in [3.8, 4) is 0 Å². The molecule has 0 spiro atoms. The zero-order chi connectivity index (χ0) is 11.3. The molecule has 0 bridgehead atoms. The number of halogens is 1. The number of rotatable bonds is 0. The first-order valence-corrected chi connectivity index (χ1v) is 14.0. The summed E-state index contributed by atoms with van der Waals surface area (Å²) in [6.45, 7) is 0. The molecule has 2 heteroatoms. The molecule has 0 saturated heterocycles. The molecule has 0 aliphatic carbocycles. The van der Waals surface area contributed by atoms with Crippen LogP contribution in [-0.4, -0.2) is 19.8 Å². The van der Waals surface area contributed by atoms with Crippen molar-refractivity contribution in [2.24, 2.45) is 0 Å². The molecule has 0 unspecified atom stereocenters. The van der Waals surface area contributed by atoms with Crippen molar-refractivity contribution in [2.75, 3.05) is 0 Å². The summed E-state index contributed by atoms with van der Waals surface area (Å²) in [6.07, 6.45) is 0. The summed E-state index contributed by atoms with van der Waals surface area (Å²) < 4.78 is 0. The zero-order valence-electron chi connectivity index (χ0n) is 9.42. The van der Waals surface area contributed by atoms with E-state index in [4.69, 9.17) is 11.6 Å². The van der Waals surface area contributed by atoms with Crippen molar-refractivity contribution in [3.63, 3.8) is 0 Å². The minimum absolute atomic E-state index is 0.543. The maximum absolute atomic E-state index is 5.96. The Bertz CT molecular complexity index is 416. The van der Waals surface area contributed by atoms with Crippen molar-refractivity contribution in [3.05, 3.63) is 47.5 Å². The molecule has 0 aliphatic heterocycles. The Balaban J connectivity index is 0.000000245. The van der Waals surface area contributed by atoms with Crippen LogP contribution in [0.3, 0.4) is 0 Å². The van der Waals surface area contributed by atoms with Crippen LogP contribution in [0.15, 0.2) is 42.5 Å². The van der Waals surface area contributed by atoms with Gasteiger partial charge in [-0.15, -0.1) is 0 Å². The van der Waals surface area contributed by atoms with Gasteiger partial charge in [0.25, 0.3) is 0 Å². The maximum atomic E-state index is 5.96. The monoisotopic (exact) mass is 327 g/mol. The van der Waals surface area contributed by atoms with Crippen LogP contribution in [0.2, 0.25) is 19.8 Å². The van der Waals surface area contributed by atoms with Gasteiger partial charge in [0, 0.05) is 10.4 Å². The van der Waals surface area contributed by atoms with Crippen LogP contribution in [0.1, 0.15) is 0 Å². The third-order valence-corrected chi connectivity index (χ3v) is 2.07. The van der Waals surface area contributed by atoms with Crippen molar-refractivity contribution in [1.82, 2.24) is 0 Å². The van der Waals surface area contributed by atoms with E-state index in [1.807, 2.05) is 30.3 Å². The Morgan fingerprint density at radius 3 is 2.00 bits per heavy atom. The average Bonchev–Trinajstić information content (AvgIpc) is 2.18. The van der Waals surface area contributed by atoms with Crippen LogP contribution >= 0.6 is 11.6 Å². The van der Waals surface area contributed by atoms with Gasteiger partial charge in [0.15, 0.2) is 0 Å². The second kappa shape index (κ2) is 6.39. The molecule has 79 valence electrons. The van der Waals surface area contributed by atoms with Gasteiger partial charge in [0.1, 0.15) is 0 Å². The standard InChI is InChI=1S/C10H7Cl.3CH3.Sn/c11-10-7-3-5-8-4-1-2-6-9(8)10;;;;/h1-7H;3*1H3;. The van der Waals surface area contributed by atoms with Gasteiger partial charge in [-0.3, -0.25) is 0 Å². The zero-order valence-corrected chi connectivity index (χ0v) is 13.0. The fourth-order valence-corrected chi connectivity index (χ4v) is 1.43. The van der Waals surface area contributed by atoms with Gasteiger partial charge in [-0.1, -0.05) is 48.0 Å². The molecule has 15 heavy (non-hydrogen) atoms. The van der Waals surface area contributed by atoms with E-state index >= 15 is 0 Å². The summed E-state index contributed by atoms with van der Waals surface area (Å²) in [5.74, 6) is 0. The van der Waals surface area contributed by atoms with E-state index in [-0.39, 0.29) is 0 Å². The first-order valence-electron chi connectivity index (χ1n) is 5.01. The number of fused-ring (bicyclic) bond motifs is 1. The minimum atomic E-state index is -0.543. The molecule has 0 atom stereocenters. The second-order valence-electron chi connectivity index (χ2n) is 3.96. The Kier molecular flexibility index (Phi) is 5.48. The third-order valence-electron chi connectivity index (χ3n) is 1.74. The molecule has 2 aromatic rings. The van der Waals surface area contributed by atoms with Gasteiger partial charge < -0.3 is 0 Å². The molecule has 1 radical (unpaired) electrons. The molecular weight excluding hydrogens is 310 g/mol. The van der Waals surface area contributed by atoms with E-state index in [2.05, 4.69) is 27.0 Å². The quantitative estimate of drug-likeness (QED) is 0.606. The summed E-state index contributed by atoms with van der Waals surface area (Å²) in [6, 6.07) is 14.0. The molecule has 0 N–H and O–H groups in total. The van der Waals surface area contributed by atoms with Crippen LogP contribution in [0, 0.1) is 0 Å². The predicted octanol–water partition coefficient (Wildman–Crippen LogP) is 4.86. The fraction of sp³-hybridized carbons (Fsp3) is 0.231. The van der Waals surface area contributed by atoms with Crippen LogP contribution in [0.4, 0.5) is 0 Å². The van der Waals surface area contributed by atoms with Crippen LogP contribution < -0.4 is 0 Å². The van der Waals surface area contributed by atoms with E-state index in [9.17, 15) is 0 Å². The van der Waals surface area contributed by atoms with E-state index in [0.717, 1.165) is 10.4 Å². The predicted molar refractivity (Wildman–Crippen MR) is 72.3 cm³/mol. The molecule has 0 amide bonds. The van der Waals surface area contributed by atoms with Crippen LogP contribution in [0.5, 0.6) is 0 Å². The fourth-order valence-electron chi connectivity index (χ4n) is 1.19. The molecule has 0 saturated carbocycles. The van der Waals surface area contributed by atoms with Crippen molar-refractivity contribution < 1.29 is 0 Å². The first kappa shape index (κ1) is 12.9. The summed E-state index contributed by atoms with van der Waals surface area (Å²) >= 11 is 5.41. The van der Waals surface area contributed by atoms with Gasteiger partial charge in [0.2, 0.25) is 0 Å². The molecule has 2 aromatic carbocycles. The van der Waals surface area contributed by atoms with Crippen LogP contribution in [-0.2, 0) is 0 Å². The average molecular weight is 326 g/mol. The molecule has 0 heterocycles. The second-order valence-corrected chi connectivity index (χ2v) is 12.9. The van der Waals surface area contributed by atoms with Gasteiger partial charge in [-0.05, 0) is 11.5 Å². The van der Waals surface area contributed by atoms with E-state index in [1.54, 1.807) is 0 Å². The van der Waals surface area contributed by atoms with E-state index in [1.165, 1.54) is 5.39 Å². The first-order chi connectivity index (χ1) is 7.11. The van der Waals surface area contributed by atoms with Crippen molar-refractivity contribution >= 4 is 42.1 Å². The number of benzene rings is 2. The summed E-state index contributed by atoms with van der Waals surface area (Å²) in [4.78, 5) is 7.09. The summed E-state index contributed by atoms with van der Waals surface area (Å²) in [5.41, 5.74) is 0. The Morgan fingerprint density at radius 1 is 0.867 bits per heavy atom. The summed E-state index contributed by atoms with van der Waals surface area (Å²) in [7, 11) is 0. The van der Waals surface area contributed by atoms with Gasteiger partial charge in [0.05, 0.1) is 0 Å².